The van der Waals surface area contributed by atoms with Crippen molar-refractivity contribution < 1.29 is 0 Å². The maximum Gasteiger partial charge on any atom is 0.258 e. The van der Waals surface area contributed by atoms with Crippen molar-refractivity contribution in [2.45, 2.75) is 52.9 Å². The molecule has 1 aromatic rings. The fourth-order valence-electron chi connectivity index (χ4n) is 2.51. The highest BCUT2D eigenvalue weighted by Crippen LogP contribution is 2.31. The van der Waals surface area contributed by atoms with E-state index >= 15 is 0 Å². The quantitative estimate of drug-likeness (QED) is 0.668. The van der Waals surface area contributed by atoms with Crippen LogP contribution in [0.15, 0.2) is 30.1 Å². The molecule has 0 saturated heterocycles. The van der Waals surface area contributed by atoms with Gasteiger partial charge in [-0.05, 0) is 17.9 Å². The van der Waals surface area contributed by atoms with Gasteiger partial charge in [0.25, 0.3) is 5.56 Å². The van der Waals surface area contributed by atoms with Gasteiger partial charge in [0.1, 0.15) is 5.82 Å². The fraction of sp³-hybridized carbons (Fsp3) is 0.474. The first-order valence-corrected chi connectivity index (χ1v) is 8.04. The Morgan fingerprint density at radius 2 is 2.05 bits per heavy atom. The molecule has 0 aliphatic carbocycles. The van der Waals surface area contributed by atoms with Crippen LogP contribution in [-0.2, 0) is 6.42 Å². The van der Waals surface area contributed by atoms with Gasteiger partial charge in [0.05, 0.1) is 11.3 Å². The fourth-order valence-corrected chi connectivity index (χ4v) is 2.51. The van der Waals surface area contributed by atoms with Gasteiger partial charge in [0.2, 0.25) is 0 Å². The third-order valence-corrected chi connectivity index (χ3v) is 4.21. The van der Waals surface area contributed by atoms with Crippen LogP contribution in [0.5, 0.6) is 0 Å². The highest BCUT2D eigenvalue weighted by atomic mass is 16.1. The summed E-state index contributed by atoms with van der Waals surface area (Å²) in [6, 6.07) is 0. The highest BCUT2D eigenvalue weighted by molar-refractivity contribution is 5.61. The summed E-state index contributed by atoms with van der Waals surface area (Å²) in [7, 11) is 0. The molecule has 120 valence electrons. The molecule has 22 heavy (non-hydrogen) atoms. The molecule has 0 aliphatic rings. The molecule has 0 amide bonds. The average Bonchev–Trinajstić information content (AvgIpc) is 2.50. The van der Waals surface area contributed by atoms with Crippen molar-refractivity contribution in [3.05, 3.63) is 52.7 Å². The molecule has 3 nitrogen and oxygen atoms in total. The molecule has 3 heteroatoms. The standard InChI is InChI=1S/C19H28N2O/c1-6-10-12-16-15(8-3)18(22)21-17(20-16)14-19(5,9-4)13-11-7-2/h6,8,10,12H,1,3,7,9,11,13-14H2,2,4-5H3,(H,20,21,22)/b12-10-. The van der Waals surface area contributed by atoms with E-state index in [0.717, 1.165) is 25.1 Å². The topological polar surface area (TPSA) is 45.8 Å². The van der Waals surface area contributed by atoms with E-state index < -0.39 is 0 Å². The number of nitrogens with one attached hydrogen (secondary N) is 1. The third-order valence-electron chi connectivity index (χ3n) is 4.21. The van der Waals surface area contributed by atoms with Gasteiger partial charge < -0.3 is 4.98 Å². The van der Waals surface area contributed by atoms with Crippen LogP contribution in [0, 0.1) is 5.41 Å². The van der Waals surface area contributed by atoms with E-state index in [-0.39, 0.29) is 11.0 Å². The second-order valence-corrected chi connectivity index (χ2v) is 6.06. The summed E-state index contributed by atoms with van der Waals surface area (Å²) in [5, 5.41) is 0. The number of aromatic nitrogens is 2. The summed E-state index contributed by atoms with van der Waals surface area (Å²) in [5.41, 5.74) is 1.20. The molecular formula is C19H28N2O. The number of aromatic amines is 1. The predicted molar refractivity (Wildman–Crippen MR) is 95.8 cm³/mol. The van der Waals surface area contributed by atoms with Crippen LogP contribution in [0.4, 0.5) is 0 Å². The molecule has 1 aromatic heterocycles. The van der Waals surface area contributed by atoms with E-state index in [1.165, 1.54) is 12.8 Å². The van der Waals surface area contributed by atoms with Crippen LogP contribution < -0.4 is 5.56 Å². The normalized spacial score (nSPS) is 14.0. The Kier molecular flexibility index (Phi) is 7.03. The zero-order valence-corrected chi connectivity index (χ0v) is 14.1. The number of rotatable bonds is 9. The largest absolute Gasteiger partial charge is 0.310 e. The molecule has 0 radical (unpaired) electrons. The third kappa shape index (κ3) is 4.83. The van der Waals surface area contributed by atoms with E-state index in [9.17, 15) is 4.79 Å². The Morgan fingerprint density at radius 3 is 2.59 bits per heavy atom. The van der Waals surface area contributed by atoms with Gasteiger partial charge >= 0.3 is 0 Å². The molecule has 1 N–H and O–H groups in total. The number of unbranched alkanes of at least 4 members (excludes halogenated alkanes) is 1. The van der Waals surface area contributed by atoms with E-state index in [4.69, 9.17) is 0 Å². The Balaban J connectivity index is 3.17. The summed E-state index contributed by atoms with van der Waals surface area (Å²) in [6.45, 7) is 14.0. The molecule has 0 bridgehead atoms. The van der Waals surface area contributed by atoms with E-state index in [1.807, 2.05) is 0 Å². The number of hydrogen-bond donors (Lipinski definition) is 1. The van der Waals surface area contributed by atoms with Crippen LogP contribution in [0.2, 0.25) is 0 Å². The molecule has 1 unspecified atom stereocenters. The van der Waals surface area contributed by atoms with E-state index in [2.05, 4.69) is 43.9 Å². The lowest BCUT2D eigenvalue weighted by Gasteiger charge is -2.27. The van der Waals surface area contributed by atoms with Gasteiger partial charge in [0, 0.05) is 6.42 Å². The Hall–Kier alpha value is -1.90. The molecule has 0 aromatic carbocycles. The van der Waals surface area contributed by atoms with Gasteiger partial charge in [-0.1, -0.05) is 71.4 Å². The average molecular weight is 300 g/mol. The molecule has 0 fully saturated rings. The second kappa shape index (κ2) is 8.52. The number of H-pyrrole nitrogens is 1. The molecule has 0 aliphatic heterocycles. The summed E-state index contributed by atoms with van der Waals surface area (Å²) in [4.78, 5) is 19.8. The maximum atomic E-state index is 12.2. The Morgan fingerprint density at radius 1 is 1.32 bits per heavy atom. The minimum absolute atomic E-state index is 0.127. The van der Waals surface area contributed by atoms with Crippen molar-refractivity contribution in [3.63, 3.8) is 0 Å². The van der Waals surface area contributed by atoms with Crippen molar-refractivity contribution in [3.8, 4) is 0 Å². The Bertz CT molecular complexity index is 598. The first-order valence-electron chi connectivity index (χ1n) is 8.04. The first kappa shape index (κ1) is 18.1. The SMILES string of the molecule is C=C/C=C\c1nc(CC(C)(CC)CCCC)[nH]c(=O)c1C=C. The van der Waals surface area contributed by atoms with Crippen LogP contribution >= 0.6 is 0 Å². The zero-order valence-electron chi connectivity index (χ0n) is 14.1. The van der Waals surface area contributed by atoms with Gasteiger partial charge in [-0.3, -0.25) is 4.79 Å². The molecule has 1 atom stereocenters. The lowest BCUT2D eigenvalue weighted by atomic mass is 9.79. The van der Waals surface area contributed by atoms with Crippen molar-refractivity contribution in [1.82, 2.24) is 9.97 Å². The lowest BCUT2D eigenvalue weighted by molar-refractivity contribution is 0.267. The first-order chi connectivity index (χ1) is 10.5. The molecule has 1 heterocycles. The minimum atomic E-state index is -0.127. The highest BCUT2D eigenvalue weighted by Gasteiger charge is 2.23. The van der Waals surface area contributed by atoms with Gasteiger partial charge in [-0.15, -0.1) is 0 Å². The van der Waals surface area contributed by atoms with Crippen molar-refractivity contribution >= 4 is 12.2 Å². The number of hydrogen-bond acceptors (Lipinski definition) is 2. The maximum absolute atomic E-state index is 12.2. The Labute approximate surface area is 133 Å². The summed E-state index contributed by atoms with van der Waals surface area (Å²) in [6.07, 6.45) is 12.2. The van der Waals surface area contributed by atoms with Crippen molar-refractivity contribution in [2.24, 2.45) is 5.41 Å². The second-order valence-electron chi connectivity index (χ2n) is 6.06. The van der Waals surface area contributed by atoms with Gasteiger partial charge in [-0.2, -0.15) is 0 Å². The molecular weight excluding hydrogens is 272 g/mol. The van der Waals surface area contributed by atoms with Crippen LogP contribution in [0.1, 0.15) is 63.5 Å². The van der Waals surface area contributed by atoms with Crippen LogP contribution in [0.3, 0.4) is 0 Å². The number of allylic oxidation sites excluding steroid dienone is 2. The van der Waals surface area contributed by atoms with Crippen LogP contribution in [-0.4, -0.2) is 9.97 Å². The van der Waals surface area contributed by atoms with Crippen molar-refractivity contribution in [2.75, 3.05) is 0 Å². The molecule has 0 saturated carbocycles. The zero-order chi connectivity index (χ0) is 16.6. The summed E-state index contributed by atoms with van der Waals surface area (Å²) < 4.78 is 0. The smallest absolute Gasteiger partial charge is 0.258 e. The molecule has 0 spiro atoms. The summed E-state index contributed by atoms with van der Waals surface area (Å²) in [5.74, 6) is 0.750. The monoisotopic (exact) mass is 300 g/mol. The van der Waals surface area contributed by atoms with Crippen LogP contribution in [0.25, 0.3) is 12.2 Å². The predicted octanol–water partition coefficient (Wildman–Crippen LogP) is 4.76. The van der Waals surface area contributed by atoms with E-state index in [0.29, 0.717) is 11.3 Å². The number of nitrogens with zero attached hydrogens (tertiary/aromatic N) is 1. The lowest BCUT2D eigenvalue weighted by Crippen LogP contribution is -2.24. The summed E-state index contributed by atoms with van der Waals surface area (Å²) >= 11 is 0. The van der Waals surface area contributed by atoms with Gasteiger partial charge in [0.15, 0.2) is 0 Å². The van der Waals surface area contributed by atoms with Gasteiger partial charge in [-0.25, -0.2) is 4.98 Å². The minimum Gasteiger partial charge on any atom is -0.310 e. The van der Waals surface area contributed by atoms with E-state index in [1.54, 1.807) is 24.3 Å². The van der Waals surface area contributed by atoms with Crippen molar-refractivity contribution in [1.29, 1.82) is 0 Å². The molecule has 1 rings (SSSR count).